The van der Waals surface area contributed by atoms with Gasteiger partial charge in [0.25, 0.3) is 0 Å². The van der Waals surface area contributed by atoms with Crippen LogP contribution < -0.4 is 4.74 Å². The second-order valence-electron chi connectivity index (χ2n) is 7.02. The van der Waals surface area contributed by atoms with E-state index in [1.54, 1.807) is 12.1 Å². The van der Waals surface area contributed by atoms with Crippen molar-refractivity contribution in [1.82, 2.24) is 0 Å². The Labute approximate surface area is 155 Å². The molecule has 0 aliphatic carbocycles. The van der Waals surface area contributed by atoms with Crippen molar-refractivity contribution in [2.24, 2.45) is 0 Å². The van der Waals surface area contributed by atoms with E-state index in [2.05, 4.69) is 50.6 Å². The molecule has 0 amide bonds. The maximum Gasteiger partial charge on any atom is 0.339 e. The van der Waals surface area contributed by atoms with Gasteiger partial charge < -0.3 is 14.6 Å². The van der Waals surface area contributed by atoms with E-state index in [0.29, 0.717) is 17.4 Å². The molecule has 0 fully saturated rings. The van der Waals surface area contributed by atoms with Crippen LogP contribution in [-0.4, -0.2) is 18.2 Å². The Kier molecular flexibility index (Phi) is 6.81. The smallest absolute Gasteiger partial charge is 0.339 e. The van der Waals surface area contributed by atoms with E-state index in [1.807, 2.05) is 12.1 Å². The lowest BCUT2D eigenvalue weighted by atomic mass is 9.96. The van der Waals surface area contributed by atoms with Gasteiger partial charge in [0.1, 0.15) is 12.4 Å². The number of hydrogen-bond donors (Lipinski definition) is 1. The number of carbonyl (C=O) groups is 1. The molecular formula is C22H28O4. The van der Waals surface area contributed by atoms with Crippen molar-refractivity contribution >= 4 is 5.97 Å². The molecule has 4 heteroatoms. The van der Waals surface area contributed by atoms with Crippen molar-refractivity contribution in [1.29, 1.82) is 0 Å². The van der Waals surface area contributed by atoms with Crippen LogP contribution in [0.5, 0.6) is 5.75 Å². The van der Waals surface area contributed by atoms with Crippen molar-refractivity contribution in [2.45, 2.75) is 52.2 Å². The van der Waals surface area contributed by atoms with Gasteiger partial charge in [-0.1, -0.05) is 64.1 Å². The van der Waals surface area contributed by atoms with E-state index in [0.717, 1.165) is 16.9 Å². The van der Waals surface area contributed by atoms with E-state index >= 15 is 0 Å². The molecule has 0 saturated carbocycles. The van der Waals surface area contributed by atoms with Gasteiger partial charge in [0.15, 0.2) is 6.10 Å². The molecule has 0 spiro atoms. The van der Waals surface area contributed by atoms with Gasteiger partial charge in [0.2, 0.25) is 0 Å². The summed E-state index contributed by atoms with van der Waals surface area (Å²) in [5, 5.41) is 10.2. The minimum Gasteiger partial charge on any atom is -0.489 e. The fourth-order valence-electron chi connectivity index (χ4n) is 2.84. The third-order valence-electron chi connectivity index (χ3n) is 4.48. The second-order valence-corrected chi connectivity index (χ2v) is 7.02. The van der Waals surface area contributed by atoms with Crippen LogP contribution in [0.25, 0.3) is 0 Å². The molecule has 2 rings (SSSR count). The molecule has 2 aromatic carbocycles. The van der Waals surface area contributed by atoms with E-state index in [1.165, 1.54) is 12.7 Å². The molecule has 0 bridgehead atoms. The SMILES string of the molecule is COC(=O)C(O)c1ccccc1COc1cc(C(C)C)ccc1C(C)C. The Morgan fingerprint density at radius 3 is 2.31 bits per heavy atom. The molecule has 0 aliphatic rings. The number of carbonyl (C=O) groups excluding carboxylic acids is 1. The molecule has 0 heterocycles. The van der Waals surface area contributed by atoms with Gasteiger partial charge in [-0.15, -0.1) is 0 Å². The summed E-state index contributed by atoms with van der Waals surface area (Å²) in [7, 11) is 1.26. The monoisotopic (exact) mass is 356 g/mol. The Bertz CT molecular complexity index is 750. The van der Waals surface area contributed by atoms with Gasteiger partial charge in [0, 0.05) is 0 Å². The first kappa shape index (κ1) is 20.0. The molecular weight excluding hydrogens is 328 g/mol. The van der Waals surface area contributed by atoms with Gasteiger partial charge in [0.05, 0.1) is 7.11 Å². The highest BCUT2D eigenvalue weighted by Gasteiger charge is 2.21. The summed E-state index contributed by atoms with van der Waals surface area (Å²) in [5.41, 5.74) is 3.62. The van der Waals surface area contributed by atoms with E-state index in [-0.39, 0.29) is 6.61 Å². The lowest BCUT2D eigenvalue weighted by Gasteiger charge is -2.19. The Morgan fingerprint density at radius 1 is 1.00 bits per heavy atom. The normalized spacial score (nSPS) is 12.3. The van der Waals surface area contributed by atoms with E-state index in [9.17, 15) is 9.90 Å². The molecule has 1 N–H and O–H groups in total. The van der Waals surface area contributed by atoms with Gasteiger partial charge in [-0.25, -0.2) is 4.79 Å². The highest BCUT2D eigenvalue weighted by atomic mass is 16.5. The van der Waals surface area contributed by atoms with Gasteiger partial charge in [-0.05, 0) is 40.2 Å². The predicted octanol–water partition coefficient (Wildman–Crippen LogP) is 4.72. The molecule has 140 valence electrons. The fraction of sp³-hybridized carbons (Fsp3) is 0.409. The minimum atomic E-state index is -1.31. The van der Waals surface area contributed by atoms with Crippen LogP contribution in [0.2, 0.25) is 0 Å². The van der Waals surface area contributed by atoms with E-state index in [4.69, 9.17) is 4.74 Å². The minimum absolute atomic E-state index is 0.269. The number of aliphatic hydroxyl groups is 1. The summed E-state index contributed by atoms with van der Waals surface area (Å²) in [6.45, 7) is 8.83. The molecule has 26 heavy (non-hydrogen) atoms. The Balaban J connectivity index is 2.29. The number of methoxy groups -OCH3 is 1. The topological polar surface area (TPSA) is 55.8 Å². The standard InChI is InChI=1S/C22H28O4/c1-14(2)16-10-11-18(15(3)4)20(12-16)26-13-17-8-6-7-9-19(17)21(23)22(24)25-5/h6-12,14-15,21,23H,13H2,1-5H3. The first-order valence-corrected chi connectivity index (χ1v) is 8.95. The van der Waals surface area contributed by atoms with Crippen molar-refractivity contribution in [3.63, 3.8) is 0 Å². The van der Waals surface area contributed by atoms with E-state index < -0.39 is 12.1 Å². The molecule has 4 nitrogen and oxygen atoms in total. The quantitative estimate of drug-likeness (QED) is 0.730. The average Bonchev–Trinajstić information content (AvgIpc) is 2.64. The molecule has 0 aliphatic heterocycles. The van der Waals surface area contributed by atoms with Crippen molar-refractivity contribution < 1.29 is 19.4 Å². The van der Waals surface area contributed by atoms with Crippen molar-refractivity contribution in [2.75, 3.05) is 7.11 Å². The predicted molar refractivity (Wildman–Crippen MR) is 102 cm³/mol. The zero-order valence-electron chi connectivity index (χ0n) is 16.2. The maximum atomic E-state index is 11.7. The zero-order valence-corrected chi connectivity index (χ0v) is 16.2. The van der Waals surface area contributed by atoms with Crippen LogP contribution in [0.1, 0.15) is 67.9 Å². The van der Waals surface area contributed by atoms with Crippen molar-refractivity contribution in [3.05, 3.63) is 64.7 Å². The number of rotatable bonds is 7. The number of hydrogen-bond acceptors (Lipinski definition) is 4. The second kappa shape index (κ2) is 8.86. The number of benzene rings is 2. The Hall–Kier alpha value is -2.33. The maximum absolute atomic E-state index is 11.7. The number of ether oxygens (including phenoxy) is 2. The highest BCUT2D eigenvalue weighted by Crippen LogP contribution is 2.31. The van der Waals surface area contributed by atoms with Crippen LogP contribution in [0.15, 0.2) is 42.5 Å². The Morgan fingerprint density at radius 2 is 1.69 bits per heavy atom. The fourth-order valence-corrected chi connectivity index (χ4v) is 2.84. The molecule has 2 aromatic rings. The summed E-state index contributed by atoms with van der Waals surface area (Å²) < 4.78 is 10.8. The molecule has 0 aromatic heterocycles. The summed E-state index contributed by atoms with van der Waals surface area (Å²) in [6.07, 6.45) is -1.31. The summed E-state index contributed by atoms with van der Waals surface area (Å²) in [5.74, 6) is 0.907. The van der Waals surface area contributed by atoms with Crippen LogP contribution in [0.4, 0.5) is 0 Å². The van der Waals surface area contributed by atoms with Gasteiger partial charge in [-0.3, -0.25) is 0 Å². The first-order chi connectivity index (χ1) is 12.3. The van der Waals surface area contributed by atoms with Crippen molar-refractivity contribution in [3.8, 4) is 5.75 Å². The van der Waals surface area contributed by atoms with Crippen LogP contribution in [-0.2, 0) is 16.1 Å². The lowest BCUT2D eigenvalue weighted by molar-refractivity contribution is -0.150. The van der Waals surface area contributed by atoms with Crippen LogP contribution in [0, 0.1) is 0 Å². The first-order valence-electron chi connectivity index (χ1n) is 8.95. The molecule has 0 radical (unpaired) electrons. The molecule has 1 unspecified atom stereocenters. The molecule has 0 saturated heterocycles. The highest BCUT2D eigenvalue weighted by molar-refractivity contribution is 5.76. The lowest BCUT2D eigenvalue weighted by Crippen LogP contribution is -2.16. The average molecular weight is 356 g/mol. The number of aliphatic hydroxyl groups excluding tert-OH is 1. The van der Waals surface area contributed by atoms with Gasteiger partial charge in [-0.2, -0.15) is 0 Å². The number of esters is 1. The van der Waals surface area contributed by atoms with Crippen LogP contribution in [0.3, 0.4) is 0 Å². The zero-order chi connectivity index (χ0) is 19.3. The summed E-state index contributed by atoms with van der Waals surface area (Å²) >= 11 is 0. The van der Waals surface area contributed by atoms with Gasteiger partial charge >= 0.3 is 5.97 Å². The molecule has 1 atom stereocenters. The summed E-state index contributed by atoms with van der Waals surface area (Å²) in [6, 6.07) is 13.5. The third-order valence-corrected chi connectivity index (χ3v) is 4.48. The third kappa shape index (κ3) is 4.64. The summed E-state index contributed by atoms with van der Waals surface area (Å²) in [4.78, 5) is 11.7. The largest absolute Gasteiger partial charge is 0.489 e. The van der Waals surface area contributed by atoms with Crippen LogP contribution >= 0.6 is 0 Å².